The fraction of sp³-hybridized carbons (Fsp3) is 0.462. The Morgan fingerprint density at radius 1 is 1.47 bits per heavy atom. The second kappa shape index (κ2) is 4.84. The summed E-state index contributed by atoms with van der Waals surface area (Å²) in [5.41, 5.74) is 6.37. The van der Waals surface area contributed by atoms with Crippen LogP contribution in [-0.4, -0.2) is 23.4 Å². The highest BCUT2D eigenvalue weighted by atomic mass is 19.1. The molecule has 1 aromatic carbocycles. The van der Waals surface area contributed by atoms with Gasteiger partial charge in [-0.25, -0.2) is 4.39 Å². The molecule has 2 rings (SSSR count). The molecule has 0 aromatic heterocycles. The number of amides is 1. The van der Waals surface area contributed by atoms with Crippen molar-refractivity contribution in [3.8, 4) is 0 Å². The van der Waals surface area contributed by atoms with Crippen LogP contribution in [0.4, 0.5) is 4.39 Å². The molecule has 1 atom stereocenters. The normalized spacial score (nSPS) is 16.6. The minimum absolute atomic E-state index is 0.0298. The van der Waals surface area contributed by atoms with Gasteiger partial charge in [0.05, 0.1) is 12.6 Å². The molecular formula is C13H17FN2O. The molecule has 0 heterocycles. The van der Waals surface area contributed by atoms with Crippen molar-refractivity contribution in [2.45, 2.75) is 31.8 Å². The second-order valence-electron chi connectivity index (χ2n) is 4.46. The smallest absolute Gasteiger partial charge is 0.237 e. The van der Waals surface area contributed by atoms with Crippen molar-refractivity contribution in [1.29, 1.82) is 0 Å². The number of carbonyl (C=O) groups is 1. The quantitative estimate of drug-likeness (QED) is 0.867. The van der Waals surface area contributed by atoms with E-state index in [0.29, 0.717) is 6.04 Å². The zero-order chi connectivity index (χ0) is 12.4. The molecule has 17 heavy (non-hydrogen) atoms. The maximum absolute atomic E-state index is 12.8. The first kappa shape index (κ1) is 12.0. The number of hydrogen-bond donors (Lipinski definition) is 1. The number of nitrogens with two attached hydrogens (primary N) is 1. The van der Waals surface area contributed by atoms with E-state index in [2.05, 4.69) is 0 Å². The minimum atomic E-state index is -0.260. The second-order valence-corrected chi connectivity index (χ2v) is 4.46. The van der Waals surface area contributed by atoms with Crippen LogP contribution in [0.15, 0.2) is 24.3 Å². The summed E-state index contributed by atoms with van der Waals surface area (Å²) in [7, 11) is 0. The Morgan fingerprint density at radius 3 is 2.53 bits per heavy atom. The van der Waals surface area contributed by atoms with Crippen LogP contribution in [0.2, 0.25) is 0 Å². The molecule has 1 amide bonds. The summed E-state index contributed by atoms with van der Waals surface area (Å²) >= 11 is 0. The third-order valence-electron chi connectivity index (χ3n) is 3.17. The van der Waals surface area contributed by atoms with Crippen LogP contribution in [0, 0.1) is 5.82 Å². The molecule has 0 spiro atoms. The fourth-order valence-electron chi connectivity index (χ4n) is 2.10. The van der Waals surface area contributed by atoms with Crippen molar-refractivity contribution in [3.05, 3.63) is 35.6 Å². The SMILES string of the molecule is C[C@H](c1ccc(F)cc1)N(C(=O)CN)C1CC1. The van der Waals surface area contributed by atoms with Crippen LogP contribution >= 0.6 is 0 Å². The van der Waals surface area contributed by atoms with Gasteiger partial charge in [0.25, 0.3) is 0 Å². The van der Waals surface area contributed by atoms with Crippen molar-refractivity contribution >= 4 is 5.91 Å². The first-order valence-corrected chi connectivity index (χ1v) is 5.90. The monoisotopic (exact) mass is 236 g/mol. The summed E-state index contributed by atoms with van der Waals surface area (Å²) in [6.07, 6.45) is 2.08. The summed E-state index contributed by atoms with van der Waals surface area (Å²) in [6.45, 7) is 1.99. The van der Waals surface area contributed by atoms with Gasteiger partial charge in [-0.3, -0.25) is 4.79 Å². The molecule has 3 nitrogen and oxygen atoms in total. The lowest BCUT2D eigenvalue weighted by atomic mass is 10.1. The van der Waals surface area contributed by atoms with Gasteiger partial charge in [0.1, 0.15) is 5.82 Å². The highest BCUT2D eigenvalue weighted by Crippen LogP contribution is 2.34. The van der Waals surface area contributed by atoms with Gasteiger partial charge >= 0.3 is 0 Å². The van der Waals surface area contributed by atoms with E-state index in [0.717, 1.165) is 18.4 Å². The molecule has 0 unspecified atom stereocenters. The number of carbonyl (C=O) groups excluding carboxylic acids is 1. The van der Waals surface area contributed by atoms with Gasteiger partial charge in [-0.15, -0.1) is 0 Å². The van der Waals surface area contributed by atoms with Crippen LogP contribution in [0.1, 0.15) is 31.4 Å². The van der Waals surface area contributed by atoms with Crippen molar-refractivity contribution in [3.63, 3.8) is 0 Å². The third kappa shape index (κ3) is 2.64. The summed E-state index contributed by atoms with van der Waals surface area (Å²) in [4.78, 5) is 13.6. The molecule has 0 bridgehead atoms. The van der Waals surface area contributed by atoms with Gasteiger partial charge in [0.2, 0.25) is 5.91 Å². The lowest BCUT2D eigenvalue weighted by Gasteiger charge is -2.29. The van der Waals surface area contributed by atoms with Crippen LogP contribution in [-0.2, 0) is 4.79 Å². The van der Waals surface area contributed by atoms with Crippen molar-refractivity contribution in [1.82, 2.24) is 4.90 Å². The third-order valence-corrected chi connectivity index (χ3v) is 3.17. The first-order chi connectivity index (χ1) is 8.13. The van der Waals surface area contributed by atoms with Gasteiger partial charge in [-0.05, 0) is 37.5 Å². The standard InChI is InChI=1S/C13H17FN2O/c1-9(10-2-4-11(14)5-3-10)16(12-6-7-12)13(17)8-15/h2-5,9,12H,6-8,15H2,1H3/t9-/m1/s1. The van der Waals surface area contributed by atoms with Gasteiger partial charge in [-0.1, -0.05) is 12.1 Å². The van der Waals surface area contributed by atoms with Crippen molar-refractivity contribution < 1.29 is 9.18 Å². The van der Waals surface area contributed by atoms with E-state index in [4.69, 9.17) is 5.73 Å². The van der Waals surface area contributed by atoms with Gasteiger partial charge in [0, 0.05) is 6.04 Å². The molecule has 1 aliphatic carbocycles. The number of rotatable bonds is 4. The van der Waals surface area contributed by atoms with Crippen molar-refractivity contribution in [2.75, 3.05) is 6.54 Å². The Balaban J connectivity index is 2.18. The topological polar surface area (TPSA) is 46.3 Å². The Morgan fingerprint density at radius 2 is 2.06 bits per heavy atom. The molecule has 1 aromatic rings. The number of benzene rings is 1. The highest BCUT2D eigenvalue weighted by Gasteiger charge is 2.35. The zero-order valence-electron chi connectivity index (χ0n) is 9.90. The Labute approximate surface area is 100 Å². The van der Waals surface area contributed by atoms with E-state index in [1.54, 1.807) is 12.1 Å². The summed E-state index contributed by atoms with van der Waals surface area (Å²) in [5.74, 6) is -0.298. The molecule has 1 aliphatic rings. The molecule has 4 heteroatoms. The molecule has 1 saturated carbocycles. The molecule has 1 fully saturated rings. The average Bonchev–Trinajstić information content (AvgIpc) is 3.14. The number of hydrogen-bond acceptors (Lipinski definition) is 2. The van der Waals surface area contributed by atoms with E-state index >= 15 is 0 Å². The van der Waals surface area contributed by atoms with Crippen LogP contribution in [0.5, 0.6) is 0 Å². The summed E-state index contributed by atoms with van der Waals surface area (Å²) in [6, 6.07) is 6.55. The predicted octanol–water partition coefficient (Wildman–Crippen LogP) is 1.84. The van der Waals surface area contributed by atoms with E-state index in [1.165, 1.54) is 12.1 Å². The van der Waals surface area contributed by atoms with Crippen molar-refractivity contribution in [2.24, 2.45) is 5.73 Å². The van der Waals surface area contributed by atoms with Gasteiger partial charge in [0.15, 0.2) is 0 Å². The largest absolute Gasteiger partial charge is 0.332 e. The zero-order valence-corrected chi connectivity index (χ0v) is 9.90. The minimum Gasteiger partial charge on any atom is -0.332 e. The Hall–Kier alpha value is -1.42. The molecule has 92 valence electrons. The Bertz CT molecular complexity index is 400. The lowest BCUT2D eigenvalue weighted by molar-refractivity contribution is -0.132. The average molecular weight is 236 g/mol. The summed E-state index contributed by atoms with van der Waals surface area (Å²) < 4.78 is 12.8. The lowest BCUT2D eigenvalue weighted by Crippen LogP contribution is -2.39. The van der Waals surface area contributed by atoms with E-state index in [9.17, 15) is 9.18 Å². The summed E-state index contributed by atoms with van der Waals surface area (Å²) in [5, 5.41) is 0. The van der Waals surface area contributed by atoms with E-state index in [1.807, 2.05) is 11.8 Å². The number of halogens is 1. The maximum atomic E-state index is 12.8. The molecule has 2 N–H and O–H groups in total. The maximum Gasteiger partial charge on any atom is 0.237 e. The fourth-order valence-corrected chi connectivity index (χ4v) is 2.10. The van der Waals surface area contributed by atoms with Crippen LogP contribution < -0.4 is 5.73 Å². The number of nitrogens with zero attached hydrogens (tertiary/aromatic N) is 1. The van der Waals surface area contributed by atoms with Crippen LogP contribution in [0.25, 0.3) is 0 Å². The molecule has 0 aliphatic heterocycles. The highest BCUT2D eigenvalue weighted by molar-refractivity contribution is 5.79. The Kier molecular flexibility index (Phi) is 3.43. The van der Waals surface area contributed by atoms with E-state index in [-0.39, 0.29) is 24.3 Å². The first-order valence-electron chi connectivity index (χ1n) is 5.90. The molecule has 0 saturated heterocycles. The predicted molar refractivity (Wildman–Crippen MR) is 63.7 cm³/mol. The molecular weight excluding hydrogens is 219 g/mol. The molecule has 0 radical (unpaired) electrons. The van der Waals surface area contributed by atoms with Gasteiger partial charge in [-0.2, -0.15) is 0 Å². The van der Waals surface area contributed by atoms with Crippen LogP contribution in [0.3, 0.4) is 0 Å². The van der Waals surface area contributed by atoms with Gasteiger partial charge < -0.3 is 10.6 Å². The van der Waals surface area contributed by atoms with E-state index < -0.39 is 0 Å².